The van der Waals surface area contributed by atoms with Crippen LogP contribution in [0.15, 0.2) is 95.0 Å². The van der Waals surface area contributed by atoms with Gasteiger partial charge in [0.2, 0.25) is 0 Å². The quantitative estimate of drug-likeness (QED) is 0.0887. The number of ether oxygens (including phenoxy) is 2. The van der Waals surface area contributed by atoms with Gasteiger partial charge in [0.25, 0.3) is 0 Å². The molecule has 0 spiro atoms. The number of likely N-dealkylation sites (tertiary alicyclic amines) is 1. The van der Waals surface area contributed by atoms with E-state index < -0.39 is 102 Å². The van der Waals surface area contributed by atoms with Crippen molar-refractivity contribution in [3.8, 4) is 22.5 Å². The number of carbonyl (C=O) groups excluding carboxylic acids is 2. The molecule has 3 aliphatic rings. The number of pyridine rings is 2. The number of alkyl halides is 10. The summed E-state index contributed by atoms with van der Waals surface area (Å²) < 4.78 is 190. The molecule has 4 heterocycles. The summed E-state index contributed by atoms with van der Waals surface area (Å²) in [5.74, 6) is -11.1. The van der Waals surface area contributed by atoms with E-state index in [4.69, 9.17) is 9.47 Å². The van der Waals surface area contributed by atoms with E-state index >= 15 is 0 Å². The van der Waals surface area contributed by atoms with Crippen molar-refractivity contribution in [2.75, 3.05) is 26.2 Å². The molecule has 0 amide bonds. The fraction of sp³-hybridized carbons (Fsp3) is 0.547. The highest BCUT2D eigenvalue weighted by Crippen LogP contribution is 2.43. The lowest BCUT2D eigenvalue weighted by Gasteiger charge is -2.40. The second-order valence-electron chi connectivity index (χ2n) is 21.6. The summed E-state index contributed by atoms with van der Waals surface area (Å²) in [7, 11) is -8.28. The molecule has 1 saturated carbocycles. The van der Waals surface area contributed by atoms with Gasteiger partial charge in [-0.3, -0.25) is 19.6 Å². The molecule has 24 heteroatoms. The van der Waals surface area contributed by atoms with Gasteiger partial charge in [-0.25, -0.2) is 16.8 Å². The number of nitrogens with zero attached hydrogens (tertiary/aromatic N) is 3. The lowest BCUT2D eigenvalue weighted by molar-refractivity contribution is -0.284. The molecule has 0 unspecified atom stereocenters. The Morgan fingerprint density at radius 3 is 1.21 bits per heavy atom. The summed E-state index contributed by atoms with van der Waals surface area (Å²) in [6.45, 7) is 11.7. The van der Waals surface area contributed by atoms with Crippen molar-refractivity contribution in [2.24, 2.45) is 0 Å². The van der Waals surface area contributed by atoms with Crippen LogP contribution >= 0.6 is 0 Å². The van der Waals surface area contributed by atoms with Crippen LogP contribution in [0.1, 0.15) is 104 Å². The van der Waals surface area contributed by atoms with E-state index in [0.29, 0.717) is 54.7 Å². The first-order valence-corrected chi connectivity index (χ1v) is 27.8. The van der Waals surface area contributed by atoms with Gasteiger partial charge in [-0.15, -0.1) is 0 Å². The maximum Gasteiger partial charge on any atom is 0.453 e. The van der Waals surface area contributed by atoms with Crippen molar-refractivity contribution in [2.45, 2.75) is 166 Å². The molecule has 3 fully saturated rings. The van der Waals surface area contributed by atoms with Gasteiger partial charge in [0.15, 0.2) is 29.2 Å². The van der Waals surface area contributed by atoms with Gasteiger partial charge in [0.05, 0.1) is 21.2 Å². The molecule has 2 aromatic heterocycles. The number of nitrogens with one attached hydrogen (secondary N) is 1. The maximum absolute atomic E-state index is 14.0. The predicted molar refractivity (Wildman–Crippen MR) is 265 cm³/mol. The molecule has 7 rings (SSSR count). The van der Waals surface area contributed by atoms with Gasteiger partial charge >= 0.3 is 36.1 Å². The lowest BCUT2D eigenvalue weighted by atomic mass is 9.95. The Kier molecular flexibility index (Phi) is 17.8. The number of aromatic nitrogens is 2. The number of halogens is 10. The molecule has 1 N–H and O–H groups in total. The molecule has 12 nitrogen and oxygen atoms in total. The van der Waals surface area contributed by atoms with Crippen molar-refractivity contribution in [1.82, 2.24) is 20.2 Å². The molecule has 0 bridgehead atoms. The first kappa shape index (κ1) is 61.0. The normalized spacial score (nSPS) is 17.9. The number of sulfone groups is 2. The van der Waals surface area contributed by atoms with Crippen LogP contribution in [0, 0.1) is 0 Å². The maximum atomic E-state index is 14.0. The second-order valence-corrected chi connectivity index (χ2v) is 26.1. The van der Waals surface area contributed by atoms with Crippen molar-refractivity contribution in [1.29, 1.82) is 0 Å². The standard InChI is InChI=1S/C28H33F5N2O4S.C25H29F5N2O4S/c1-25(2,3)39-24(36)26(14-16-35(17-15-26)21-7-8-21)40(37,38)22-9-5-20(6-10-22)23-11-4-19(18-34-23)12-13-27(29,30)28(31,32)33;1-22(2,3)36-21(33)23(12-14-31-15-13-23)37(34,35)19-7-5-18(6-8-19)20-9-4-17(16-32-20)10-11-24(26,27)25(28,29)30/h4-6,9-11,18,21H,7-8,12-17H2,1-3H3;4-9,16,31H,10-15H2,1-3H3. The van der Waals surface area contributed by atoms with Crippen LogP contribution in [0.4, 0.5) is 43.9 Å². The van der Waals surface area contributed by atoms with Crippen LogP contribution in [0.3, 0.4) is 0 Å². The molecule has 0 radical (unpaired) electrons. The van der Waals surface area contributed by atoms with Gasteiger partial charge in [-0.1, -0.05) is 36.4 Å². The number of rotatable bonds is 15. The fourth-order valence-electron chi connectivity index (χ4n) is 8.86. The summed E-state index contributed by atoms with van der Waals surface area (Å²) in [6.07, 6.45) is -10.1. The molecular weight excluding hydrogens is 1070 g/mol. The molecule has 424 valence electrons. The minimum absolute atomic E-state index is 0.0343. The number of esters is 2. The Bertz CT molecular complexity index is 2910. The monoisotopic (exact) mass is 1140 g/mol. The Morgan fingerprint density at radius 2 is 0.909 bits per heavy atom. The summed E-state index contributed by atoms with van der Waals surface area (Å²) in [4.78, 5) is 36.9. The predicted octanol–water partition coefficient (Wildman–Crippen LogP) is 11.1. The van der Waals surface area contributed by atoms with Crippen LogP contribution in [0.5, 0.6) is 0 Å². The minimum Gasteiger partial charge on any atom is -0.459 e. The van der Waals surface area contributed by atoms with E-state index in [9.17, 15) is 70.3 Å². The van der Waals surface area contributed by atoms with E-state index in [2.05, 4.69) is 20.2 Å². The Hall–Kier alpha value is -5.20. The number of hydrogen-bond acceptors (Lipinski definition) is 12. The highest BCUT2D eigenvalue weighted by atomic mass is 32.2. The third-order valence-electron chi connectivity index (χ3n) is 13.5. The zero-order valence-electron chi connectivity index (χ0n) is 43.3. The van der Waals surface area contributed by atoms with Gasteiger partial charge in [0, 0.05) is 55.5 Å². The largest absolute Gasteiger partial charge is 0.459 e. The Balaban J connectivity index is 0.000000250. The SMILES string of the molecule is CC(C)(C)OC(=O)C1(S(=O)(=O)c2ccc(-c3ccc(CCC(F)(F)C(F)(F)F)cn3)cc2)CCN(C2CC2)CC1.CC(C)(C)OC(=O)C1(S(=O)(=O)c2ccc(-c3ccc(CCC(F)(F)C(F)(F)F)cn3)cc2)CCNCC1. The average molecular weight is 1140 g/mol. The molecule has 2 saturated heterocycles. The number of carbonyl (C=O) groups is 2. The zero-order chi connectivity index (χ0) is 57.3. The summed E-state index contributed by atoms with van der Waals surface area (Å²) >= 11 is 0. The van der Waals surface area contributed by atoms with Crippen molar-refractivity contribution in [3.63, 3.8) is 0 Å². The highest BCUT2D eigenvalue weighted by molar-refractivity contribution is 7.94. The first-order chi connectivity index (χ1) is 35.4. The number of hydrogen-bond donors (Lipinski definition) is 1. The third kappa shape index (κ3) is 14.2. The van der Waals surface area contributed by atoms with E-state index in [1.54, 1.807) is 41.5 Å². The topological polar surface area (TPSA) is 162 Å². The zero-order valence-corrected chi connectivity index (χ0v) is 44.9. The molecule has 1 aliphatic carbocycles. The van der Waals surface area contributed by atoms with Crippen LogP contribution in [0.25, 0.3) is 22.5 Å². The molecule has 0 atom stereocenters. The summed E-state index contributed by atoms with van der Waals surface area (Å²) in [5.41, 5.74) is 0.463. The lowest BCUT2D eigenvalue weighted by Crippen LogP contribution is -2.56. The van der Waals surface area contributed by atoms with Crippen LogP contribution in [-0.4, -0.2) is 121 Å². The minimum atomic E-state index is -5.61. The van der Waals surface area contributed by atoms with Gasteiger partial charge in [0.1, 0.15) is 11.2 Å². The van der Waals surface area contributed by atoms with Gasteiger partial charge in [-0.05, 0) is 154 Å². The molecule has 2 aromatic carbocycles. The fourth-order valence-corrected chi connectivity index (χ4v) is 12.7. The molecule has 77 heavy (non-hydrogen) atoms. The van der Waals surface area contributed by atoms with E-state index in [-0.39, 0.29) is 46.6 Å². The summed E-state index contributed by atoms with van der Waals surface area (Å²) in [5, 5.41) is 3.06. The van der Waals surface area contributed by atoms with Crippen LogP contribution in [-0.2, 0) is 51.6 Å². The average Bonchev–Trinajstić information content (AvgIpc) is 4.20. The summed E-state index contributed by atoms with van der Waals surface area (Å²) in [6, 6.07) is 17.7. The second kappa shape index (κ2) is 22.5. The van der Waals surface area contributed by atoms with Crippen molar-refractivity contribution in [3.05, 3.63) is 96.3 Å². The first-order valence-electron chi connectivity index (χ1n) is 24.8. The number of benzene rings is 2. The smallest absolute Gasteiger partial charge is 0.453 e. The molecule has 4 aromatic rings. The van der Waals surface area contributed by atoms with Gasteiger partial charge < -0.3 is 19.7 Å². The number of piperidine rings is 2. The van der Waals surface area contributed by atoms with Crippen molar-refractivity contribution >= 4 is 31.6 Å². The van der Waals surface area contributed by atoms with E-state index in [0.717, 1.165) is 12.8 Å². The van der Waals surface area contributed by atoms with Crippen LogP contribution < -0.4 is 5.32 Å². The third-order valence-corrected chi connectivity index (χ3v) is 18.5. The van der Waals surface area contributed by atoms with Crippen LogP contribution in [0.2, 0.25) is 0 Å². The molecule has 2 aliphatic heterocycles. The van der Waals surface area contributed by atoms with E-state index in [1.807, 2.05) is 0 Å². The van der Waals surface area contributed by atoms with Gasteiger partial charge in [-0.2, -0.15) is 43.9 Å². The van der Waals surface area contributed by atoms with E-state index in [1.165, 1.54) is 85.2 Å². The Morgan fingerprint density at radius 1 is 0.558 bits per heavy atom. The number of aryl methyl sites for hydroxylation is 2. The van der Waals surface area contributed by atoms with Crippen molar-refractivity contribution < 1.29 is 79.8 Å². The highest BCUT2D eigenvalue weighted by Gasteiger charge is 2.59. The Labute approximate surface area is 441 Å². The molecular formula is C53H62F10N4O8S2.